The zero-order valence-corrected chi connectivity index (χ0v) is 13.1. The lowest BCUT2D eigenvalue weighted by Gasteiger charge is -2.12. The molecule has 0 N–H and O–H groups in total. The first-order chi connectivity index (χ1) is 11.6. The highest BCUT2D eigenvalue weighted by Gasteiger charge is 2.40. The highest BCUT2D eigenvalue weighted by atomic mass is 16.5. The summed E-state index contributed by atoms with van der Waals surface area (Å²) in [5.74, 6) is -0.508. The number of fused-ring (bicyclic) bond motifs is 1. The van der Waals surface area contributed by atoms with Crippen LogP contribution in [0.3, 0.4) is 0 Å². The molecule has 0 fully saturated rings. The van der Waals surface area contributed by atoms with Crippen LogP contribution in [0.15, 0.2) is 59.7 Å². The number of rotatable bonds is 2. The van der Waals surface area contributed by atoms with Crippen molar-refractivity contribution in [2.75, 3.05) is 7.11 Å². The first kappa shape index (κ1) is 15.5. The second kappa shape index (κ2) is 6.02. The fraction of sp³-hybridized carbons (Fsp3) is 0.150. The average molecular weight is 314 g/mol. The number of nitrogens with zero attached hydrogens (tertiary/aromatic N) is 2. The highest BCUT2D eigenvalue weighted by molar-refractivity contribution is 5.92. The maximum atomic E-state index is 11.8. The Bertz CT molecular complexity index is 957. The summed E-state index contributed by atoms with van der Waals surface area (Å²) in [7, 11) is 1.29. The van der Waals surface area contributed by atoms with Crippen molar-refractivity contribution in [1.29, 1.82) is 10.5 Å². The fourth-order valence-corrected chi connectivity index (χ4v) is 2.91. The van der Waals surface area contributed by atoms with E-state index < -0.39 is 11.4 Å². The number of benzene rings is 2. The molecule has 0 unspecified atom stereocenters. The Morgan fingerprint density at radius 1 is 1.17 bits per heavy atom. The monoisotopic (exact) mass is 314 g/mol. The zero-order chi connectivity index (χ0) is 17.2. The molecule has 4 heteroatoms. The van der Waals surface area contributed by atoms with Crippen LogP contribution >= 0.6 is 0 Å². The number of carbonyl (C=O) groups is 1. The van der Waals surface area contributed by atoms with Crippen LogP contribution in [-0.2, 0) is 9.53 Å². The zero-order valence-electron chi connectivity index (χ0n) is 13.1. The number of nitriles is 2. The van der Waals surface area contributed by atoms with Crippen molar-refractivity contribution in [3.8, 4) is 12.1 Å². The van der Waals surface area contributed by atoms with Crippen LogP contribution in [0.1, 0.15) is 12.0 Å². The molecule has 1 aliphatic carbocycles. The Labute approximate surface area is 139 Å². The topological polar surface area (TPSA) is 73.9 Å². The van der Waals surface area contributed by atoms with E-state index >= 15 is 0 Å². The van der Waals surface area contributed by atoms with Gasteiger partial charge in [-0.2, -0.15) is 10.5 Å². The molecule has 0 amide bonds. The summed E-state index contributed by atoms with van der Waals surface area (Å²) in [6.45, 7) is 0. The summed E-state index contributed by atoms with van der Waals surface area (Å²) in [6, 6.07) is 17.9. The molecular formula is C20H14N2O2. The lowest BCUT2D eigenvalue weighted by atomic mass is 9.85. The quantitative estimate of drug-likeness (QED) is 0.791. The van der Waals surface area contributed by atoms with Gasteiger partial charge in [0.15, 0.2) is 5.41 Å². The fourth-order valence-electron chi connectivity index (χ4n) is 2.91. The van der Waals surface area contributed by atoms with E-state index in [9.17, 15) is 15.3 Å². The van der Waals surface area contributed by atoms with E-state index in [1.54, 1.807) is 0 Å². The molecule has 0 heterocycles. The molecule has 0 spiro atoms. The van der Waals surface area contributed by atoms with E-state index in [1.807, 2.05) is 60.7 Å². The number of allylic oxidation sites excluding steroid dienone is 2. The van der Waals surface area contributed by atoms with Crippen molar-refractivity contribution >= 4 is 22.8 Å². The van der Waals surface area contributed by atoms with Crippen molar-refractivity contribution in [3.63, 3.8) is 0 Å². The lowest BCUT2D eigenvalue weighted by Crippen LogP contribution is -2.11. The van der Waals surface area contributed by atoms with Crippen LogP contribution in [-0.4, -0.2) is 13.1 Å². The van der Waals surface area contributed by atoms with Crippen LogP contribution in [0.2, 0.25) is 0 Å². The van der Waals surface area contributed by atoms with E-state index in [2.05, 4.69) is 0 Å². The molecule has 2 aromatic rings. The number of hydrogen-bond donors (Lipinski definition) is 0. The highest BCUT2D eigenvalue weighted by Crippen LogP contribution is 2.41. The van der Waals surface area contributed by atoms with Crippen LogP contribution in [0.4, 0.5) is 0 Å². The minimum Gasteiger partial charge on any atom is -0.466 e. The normalized spacial score (nSPS) is 17.1. The lowest BCUT2D eigenvalue weighted by molar-refractivity contribution is -0.136. The van der Waals surface area contributed by atoms with Gasteiger partial charge < -0.3 is 4.74 Å². The van der Waals surface area contributed by atoms with Crippen LogP contribution < -0.4 is 0 Å². The summed E-state index contributed by atoms with van der Waals surface area (Å²) in [4.78, 5) is 11.8. The van der Waals surface area contributed by atoms with E-state index in [0.717, 1.165) is 16.3 Å². The molecule has 24 heavy (non-hydrogen) atoms. The smallest absolute Gasteiger partial charge is 0.333 e. The Morgan fingerprint density at radius 3 is 2.54 bits per heavy atom. The Morgan fingerprint density at radius 2 is 1.88 bits per heavy atom. The summed E-state index contributed by atoms with van der Waals surface area (Å²) in [5, 5.41) is 21.2. The SMILES string of the molecule is COC(=O)C1=CC(C#N)(C#N)C(=Cc2ccc3ccccc3c2)C1. The second-order valence-electron chi connectivity index (χ2n) is 5.65. The summed E-state index contributed by atoms with van der Waals surface area (Å²) >= 11 is 0. The summed E-state index contributed by atoms with van der Waals surface area (Å²) < 4.78 is 4.72. The molecule has 0 bridgehead atoms. The standard InChI is InChI=1S/C20H14N2O2/c1-24-19(23)17-10-18(20(11-17,12-21)13-22)9-14-6-7-15-4-2-3-5-16(15)8-14/h2-9,11H,10H2,1H3. The van der Waals surface area contributed by atoms with Gasteiger partial charge in [-0.3, -0.25) is 0 Å². The third-order valence-corrected chi connectivity index (χ3v) is 4.19. The Kier molecular flexibility index (Phi) is 3.90. The third kappa shape index (κ3) is 2.55. The third-order valence-electron chi connectivity index (χ3n) is 4.19. The van der Waals surface area contributed by atoms with Gasteiger partial charge in [0.1, 0.15) is 0 Å². The number of ether oxygens (including phenoxy) is 1. The molecule has 0 aliphatic heterocycles. The van der Waals surface area contributed by atoms with Gasteiger partial charge in [0.05, 0.1) is 19.2 Å². The molecule has 0 saturated carbocycles. The van der Waals surface area contributed by atoms with E-state index in [1.165, 1.54) is 13.2 Å². The minimum atomic E-state index is -1.42. The van der Waals surface area contributed by atoms with E-state index in [-0.39, 0.29) is 6.42 Å². The first-order valence-electron chi connectivity index (χ1n) is 7.44. The van der Waals surface area contributed by atoms with Crippen LogP contribution in [0.5, 0.6) is 0 Å². The van der Waals surface area contributed by atoms with Gasteiger partial charge in [0.2, 0.25) is 0 Å². The molecule has 0 radical (unpaired) electrons. The number of hydrogen-bond acceptors (Lipinski definition) is 4. The largest absolute Gasteiger partial charge is 0.466 e. The number of esters is 1. The summed E-state index contributed by atoms with van der Waals surface area (Å²) in [6.07, 6.45) is 3.46. The molecule has 0 aromatic heterocycles. The molecule has 116 valence electrons. The second-order valence-corrected chi connectivity index (χ2v) is 5.65. The van der Waals surface area contributed by atoms with Gasteiger partial charge in [-0.05, 0) is 34.1 Å². The minimum absolute atomic E-state index is 0.237. The van der Waals surface area contributed by atoms with E-state index in [0.29, 0.717) is 11.1 Å². The van der Waals surface area contributed by atoms with Gasteiger partial charge in [0.25, 0.3) is 0 Å². The molecule has 1 aliphatic rings. The molecular weight excluding hydrogens is 300 g/mol. The van der Waals surface area contributed by atoms with Gasteiger partial charge in [-0.1, -0.05) is 42.5 Å². The van der Waals surface area contributed by atoms with Gasteiger partial charge in [-0.25, -0.2) is 4.79 Å². The Balaban J connectivity index is 2.06. The van der Waals surface area contributed by atoms with Crippen molar-refractivity contribution in [1.82, 2.24) is 0 Å². The van der Waals surface area contributed by atoms with Crippen molar-refractivity contribution < 1.29 is 9.53 Å². The van der Waals surface area contributed by atoms with Crippen molar-refractivity contribution in [2.45, 2.75) is 6.42 Å². The molecule has 3 rings (SSSR count). The van der Waals surface area contributed by atoms with Crippen molar-refractivity contribution in [3.05, 3.63) is 65.3 Å². The summed E-state index contributed by atoms with van der Waals surface area (Å²) in [5.41, 5.74) is 0.392. The average Bonchev–Trinajstić information content (AvgIpc) is 3.00. The van der Waals surface area contributed by atoms with E-state index in [4.69, 9.17) is 4.74 Å². The first-order valence-corrected chi connectivity index (χ1v) is 7.44. The maximum absolute atomic E-state index is 11.8. The van der Waals surface area contributed by atoms with Gasteiger partial charge >= 0.3 is 5.97 Å². The molecule has 2 aromatic carbocycles. The number of methoxy groups -OCH3 is 1. The predicted molar refractivity (Wildman–Crippen MR) is 90.3 cm³/mol. The Hall–Kier alpha value is -3.37. The number of carbonyl (C=O) groups excluding carboxylic acids is 1. The van der Waals surface area contributed by atoms with Crippen LogP contribution in [0.25, 0.3) is 16.8 Å². The predicted octanol–water partition coefficient (Wildman–Crippen LogP) is 3.76. The maximum Gasteiger partial charge on any atom is 0.333 e. The van der Waals surface area contributed by atoms with Crippen LogP contribution in [0, 0.1) is 28.1 Å². The molecule has 0 saturated heterocycles. The molecule has 4 nitrogen and oxygen atoms in total. The molecule has 0 atom stereocenters. The van der Waals surface area contributed by atoms with Gasteiger partial charge in [0, 0.05) is 12.0 Å². The van der Waals surface area contributed by atoms with Crippen molar-refractivity contribution in [2.24, 2.45) is 5.41 Å². The van der Waals surface area contributed by atoms with Gasteiger partial charge in [-0.15, -0.1) is 0 Å².